The Balaban J connectivity index is 1.68. The van der Waals surface area contributed by atoms with Crippen LogP contribution in [0.1, 0.15) is 22.3 Å². The SMILES string of the molecule is COc1ccc(OC)c(C=C2Oc3cc(OCC(=O)N[C@H](CCSC)C(=O)O)ccc3C2=O)c1. The minimum Gasteiger partial charge on any atom is -0.497 e. The van der Waals surface area contributed by atoms with Crippen molar-refractivity contribution in [1.29, 1.82) is 0 Å². The van der Waals surface area contributed by atoms with Gasteiger partial charge in [0.1, 0.15) is 29.0 Å². The lowest BCUT2D eigenvalue weighted by atomic mass is 10.1. The number of carboxylic acid groups (broad SMARTS) is 1. The van der Waals surface area contributed by atoms with Gasteiger partial charge in [0.15, 0.2) is 12.4 Å². The van der Waals surface area contributed by atoms with Crippen LogP contribution in [0.3, 0.4) is 0 Å². The summed E-state index contributed by atoms with van der Waals surface area (Å²) >= 11 is 1.50. The number of allylic oxidation sites excluding steroid dienone is 1. The van der Waals surface area contributed by atoms with Gasteiger partial charge >= 0.3 is 5.97 Å². The van der Waals surface area contributed by atoms with E-state index >= 15 is 0 Å². The fraction of sp³-hybridized carbons (Fsp3) is 0.292. The number of fused-ring (bicyclic) bond motifs is 1. The Morgan fingerprint density at radius 1 is 1.15 bits per heavy atom. The molecule has 0 spiro atoms. The van der Waals surface area contributed by atoms with Gasteiger partial charge in [0.05, 0.1) is 19.8 Å². The van der Waals surface area contributed by atoms with Crippen LogP contribution in [0.2, 0.25) is 0 Å². The second-order valence-electron chi connectivity index (χ2n) is 7.23. The molecule has 1 heterocycles. The quantitative estimate of drug-likeness (QED) is 0.461. The second-order valence-corrected chi connectivity index (χ2v) is 8.22. The number of amides is 1. The Labute approximate surface area is 201 Å². The number of carbonyl (C=O) groups excluding carboxylic acids is 2. The Bertz CT molecular complexity index is 1110. The molecule has 2 aromatic rings. The molecule has 2 aromatic carbocycles. The molecular formula is C24H25NO8S. The average molecular weight is 488 g/mol. The van der Waals surface area contributed by atoms with Crippen LogP contribution in [0.25, 0.3) is 6.08 Å². The molecule has 0 saturated heterocycles. The molecule has 0 radical (unpaired) electrons. The minimum atomic E-state index is -1.10. The molecule has 9 nitrogen and oxygen atoms in total. The summed E-state index contributed by atoms with van der Waals surface area (Å²) in [5.74, 6) is 0.492. The van der Waals surface area contributed by atoms with Crippen LogP contribution in [0, 0.1) is 0 Å². The molecule has 2 N–H and O–H groups in total. The molecule has 0 bridgehead atoms. The Hall–Kier alpha value is -3.66. The predicted octanol–water partition coefficient (Wildman–Crippen LogP) is 3.02. The van der Waals surface area contributed by atoms with E-state index in [-0.39, 0.29) is 18.1 Å². The maximum Gasteiger partial charge on any atom is 0.326 e. The molecule has 0 fully saturated rings. The highest BCUT2D eigenvalue weighted by molar-refractivity contribution is 7.98. The third-order valence-electron chi connectivity index (χ3n) is 4.98. The van der Waals surface area contributed by atoms with Crippen molar-refractivity contribution in [3.05, 3.63) is 53.3 Å². The van der Waals surface area contributed by atoms with E-state index in [9.17, 15) is 19.5 Å². The number of hydrogen-bond donors (Lipinski definition) is 2. The van der Waals surface area contributed by atoms with E-state index in [4.69, 9.17) is 18.9 Å². The summed E-state index contributed by atoms with van der Waals surface area (Å²) in [6, 6.07) is 8.82. The number of ether oxygens (including phenoxy) is 4. The van der Waals surface area contributed by atoms with Crippen molar-refractivity contribution < 1.29 is 38.4 Å². The normalized spacial score (nSPS) is 14.2. The standard InChI is InChI=1S/C24H25NO8S/c1-30-15-5-7-19(31-2)14(10-15)11-21-23(27)17-6-4-16(12-20(17)33-21)32-13-22(26)25-18(24(28)29)8-9-34-3/h4-7,10-12,18H,8-9,13H2,1-3H3,(H,25,26)(H,28,29)/t18-/m1/s1. The van der Waals surface area contributed by atoms with Gasteiger partial charge < -0.3 is 29.4 Å². The van der Waals surface area contributed by atoms with Crippen LogP contribution in [0.15, 0.2) is 42.2 Å². The lowest BCUT2D eigenvalue weighted by Crippen LogP contribution is -2.43. The van der Waals surface area contributed by atoms with Crippen molar-refractivity contribution in [3.8, 4) is 23.0 Å². The van der Waals surface area contributed by atoms with Crippen molar-refractivity contribution >= 4 is 35.5 Å². The lowest BCUT2D eigenvalue weighted by molar-refractivity contribution is -0.142. The largest absolute Gasteiger partial charge is 0.497 e. The Morgan fingerprint density at radius 3 is 2.59 bits per heavy atom. The van der Waals surface area contributed by atoms with Crippen LogP contribution in [0.4, 0.5) is 0 Å². The highest BCUT2D eigenvalue weighted by Gasteiger charge is 2.28. The smallest absolute Gasteiger partial charge is 0.326 e. The first kappa shape index (κ1) is 25.0. The summed E-state index contributed by atoms with van der Waals surface area (Å²) in [7, 11) is 3.07. The molecule has 1 atom stereocenters. The average Bonchev–Trinajstić information content (AvgIpc) is 3.14. The third kappa shape index (κ3) is 6.02. The summed E-state index contributed by atoms with van der Waals surface area (Å²) in [4.78, 5) is 36.2. The number of ketones is 1. The van der Waals surface area contributed by atoms with Gasteiger partial charge in [-0.3, -0.25) is 9.59 Å². The molecule has 0 aromatic heterocycles. The number of carboxylic acids is 1. The predicted molar refractivity (Wildman–Crippen MR) is 127 cm³/mol. The van der Waals surface area contributed by atoms with E-state index < -0.39 is 17.9 Å². The van der Waals surface area contributed by atoms with Crippen LogP contribution < -0.4 is 24.3 Å². The van der Waals surface area contributed by atoms with Gasteiger partial charge in [0.2, 0.25) is 5.78 Å². The molecule has 34 heavy (non-hydrogen) atoms. The van der Waals surface area contributed by atoms with Crippen molar-refractivity contribution in [2.75, 3.05) is 32.8 Å². The Morgan fingerprint density at radius 2 is 1.91 bits per heavy atom. The minimum absolute atomic E-state index is 0.106. The van der Waals surface area contributed by atoms with E-state index in [0.29, 0.717) is 46.3 Å². The fourth-order valence-corrected chi connectivity index (χ4v) is 3.70. The number of rotatable bonds is 11. The first-order chi connectivity index (χ1) is 16.4. The van der Waals surface area contributed by atoms with Gasteiger partial charge in [-0.2, -0.15) is 11.8 Å². The maximum absolute atomic E-state index is 12.8. The molecule has 0 saturated carbocycles. The van der Waals surface area contributed by atoms with Gasteiger partial charge in [-0.25, -0.2) is 4.79 Å². The lowest BCUT2D eigenvalue weighted by Gasteiger charge is -2.14. The van der Waals surface area contributed by atoms with Crippen LogP contribution in [-0.4, -0.2) is 61.6 Å². The number of thioether (sulfide) groups is 1. The topological polar surface area (TPSA) is 120 Å². The van der Waals surface area contributed by atoms with Crippen LogP contribution >= 0.6 is 11.8 Å². The van der Waals surface area contributed by atoms with Gasteiger partial charge in [0.25, 0.3) is 5.91 Å². The van der Waals surface area contributed by atoms with E-state index in [1.165, 1.54) is 24.9 Å². The van der Waals surface area contributed by atoms with Crippen molar-refractivity contribution in [3.63, 3.8) is 0 Å². The highest BCUT2D eigenvalue weighted by Crippen LogP contribution is 2.36. The zero-order chi connectivity index (χ0) is 24.7. The van der Waals surface area contributed by atoms with Crippen LogP contribution in [0.5, 0.6) is 23.0 Å². The van der Waals surface area contributed by atoms with Crippen molar-refractivity contribution in [1.82, 2.24) is 5.32 Å². The van der Waals surface area contributed by atoms with Crippen molar-refractivity contribution in [2.45, 2.75) is 12.5 Å². The van der Waals surface area contributed by atoms with E-state index in [1.54, 1.807) is 43.5 Å². The summed E-state index contributed by atoms with van der Waals surface area (Å²) < 4.78 is 21.8. The molecule has 3 rings (SSSR count). The molecule has 1 aliphatic rings. The number of aliphatic carboxylic acids is 1. The molecule has 1 amide bonds. The number of nitrogens with one attached hydrogen (secondary N) is 1. The van der Waals surface area contributed by atoms with Gasteiger partial charge in [0, 0.05) is 11.6 Å². The first-order valence-electron chi connectivity index (χ1n) is 10.3. The van der Waals surface area contributed by atoms with E-state index in [0.717, 1.165) is 0 Å². The zero-order valence-corrected chi connectivity index (χ0v) is 19.8. The number of hydrogen-bond acceptors (Lipinski definition) is 8. The molecule has 0 aliphatic carbocycles. The van der Waals surface area contributed by atoms with Gasteiger partial charge in [-0.1, -0.05) is 0 Å². The molecule has 180 valence electrons. The zero-order valence-electron chi connectivity index (χ0n) is 19.0. The summed E-state index contributed by atoms with van der Waals surface area (Å²) in [6.07, 6.45) is 3.74. The fourth-order valence-electron chi connectivity index (χ4n) is 3.23. The summed E-state index contributed by atoms with van der Waals surface area (Å²) in [5.41, 5.74) is 0.966. The molecular weight excluding hydrogens is 462 g/mol. The third-order valence-corrected chi connectivity index (χ3v) is 5.62. The second kappa shape index (κ2) is 11.5. The highest BCUT2D eigenvalue weighted by atomic mass is 32.2. The number of benzene rings is 2. The number of Topliss-reactive ketones (excluding diaryl/α,β-unsaturated/α-hetero) is 1. The summed E-state index contributed by atoms with van der Waals surface area (Å²) in [5, 5.41) is 11.7. The van der Waals surface area contributed by atoms with E-state index in [1.807, 2.05) is 6.26 Å². The van der Waals surface area contributed by atoms with Crippen molar-refractivity contribution in [2.24, 2.45) is 0 Å². The van der Waals surface area contributed by atoms with Gasteiger partial charge in [-0.15, -0.1) is 0 Å². The van der Waals surface area contributed by atoms with Gasteiger partial charge in [-0.05, 0) is 54.8 Å². The number of carbonyl (C=O) groups is 3. The first-order valence-corrected chi connectivity index (χ1v) is 11.7. The maximum atomic E-state index is 12.8. The Kier molecular flexibility index (Phi) is 8.42. The van der Waals surface area contributed by atoms with E-state index in [2.05, 4.69) is 5.32 Å². The summed E-state index contributed by atoms with van der Waals surface area (Å²) in [6.45, 7) is -0.376. The monoisotopic (exact) mass is 487 g/mol. The van der Waals surface area contributed by atoms with Crippen LogP contribution in [-0.2, 0) is 9.59 Å². The molecule has 1 aliphatic heterocycles. The number of methoxy groups -OCH3 is 2. The molecule has 0 unspecified atom stereocenters. The molecule has 10 heteroatoms.